The summed E-state index contributed by atoms with van der Waals surface area (Å²) in [6.45, 7) is 9.87. The molecular formula is C35H42N2O6S. The second-order valence-corrected chi connectivity index (χ2v) is 13.4. The number of esters is 1. The molecule has 0 saturated carbocycles. The number of nitrogens with zero attached hydrogens (tertiary/aromatic N) is 2. The van der Waals surface area contributed by atoms with E-state index < -0.39 is 28.7 Å². The van der Waals surface area contributed by atoms with Crippen LogP contribution in [-0.2, 0) is 25.5 Å². The van der Waals surface area contributed by atoms with Crippen molar-refractivity contribution in [2.45, 2.75) is 54.7 Å². The number of unbranched alkanes of at least 4 members (excludes halogenated alkanes) is 1. The number of hydrogen-bond acceptors (Lipinski definition) is 7. The summed E-state index contributed by atoms with van der Waals surface area (Å²) in [6, 6.07) is 15.3. The molecule has 0 aromatic heterocycles. The van der Waals surface area contributed by atoms with Crippen LogP contribution in [-0.4, -0.2) is 76.7 Å². The number of allylic oxidation sites excluding steroid dienone is 1. The number of aliphatic hydroxyl groups excluding tert-OH is 1. The largest absolute Gasteiger partial charge is 0.497 e. The number of amides is 2. The number of likely N-dealkylation sites (tertiary alicyclic amines) is 1. The van der Waals surface area contributed by atoms with E-state index in [2.05, 4.69) is 20.1 Å². The number of fused-ring (bicyclic) bond motifs is 1. The Morgan fingerprint density at radius 1 is 1.16 bits per heavy atom. The summed E-state index contributed by atoms with van der Waals surface area (Å²) in [6.07, 6.45) is 5.91. The quantitative estimate of drug-likeness (QED) is 0.187. The number of rotatable bonds is 14. The Hall–Kier alpha value is -3.56. The molecule has 3 fully saturated rings. The summed E-state index contributed by atoms with van der Waals surface area (Å²) in [5.41, 5.74) is 1.59. The topological polar surface area (TPSA) is 96.4 Å². The standard InChI is InChI=1S/C35H42N2O6S/c1-5-7-11-19-43-34(41)29-28-20-23(3)35(44-28)30(29)32(39)37(26(22-38)21-24-12-9-8-10-13-24)31(35)33(40)36(18-6-2)25-14-16-27(42-4)17-15-25/h5-6,8-10,12-17,23,26,28-31,38H,1-2,7,11,18-22H2,3-4H3/t23?,26-,28+,29-,30+,31?,35?/m1/s1. The Bertz CT molecular complexity index is 1370. The molecule has 3 aliphatic heterocycles. The zero-order chi connectivity index (χ0) is 31.4. The van der Waals surface area contributed by atoms with Gasteiger partial charge in [-0.3, -0.25) is 14.4 Å². The molecule has 8 nitrogen and oxygen atoms in total. The molecule has 3 aliphatic rings. The van der Waals surface area contributed by atoms with E-state index in [-0.39, 0.29) is 48.7 Å². The number of thioether (sulfide) groups is 1. The summed E-state index contributed by atoms with van der Waals surface area (Å²) >= 11 is 1.60. The molecule has 0 radical (unpaired) electrons. The van der Waals surface area contributed by atoms with E-state index in [1.807, 2.05) is 42.5 Å². The van der Waals surface area contributed by atoms with Gasteiger partial charge in [0.05, 0.1) is 42.9 Å². The third-order valence-electron chi connectivity index (χ3n) is 9.37. The van der Waals surface area contributed by atoms with E-state index in [1.54, 1.807) is 53.0 Å². The second kappa shape index (κ2) is 13.6. The van der Waals surface area contributed by atoms with Gasteiger partial charge in [-0.2, -0.15) is 0 Å². The number of aliphatic hydroxyl groups is 1. The summed E-state index contributed by atoms with van der Waals surface area (Å²) < 4.78 is 10.2. The third-order valence-corrected chi connectivity index (χ3v) is 11.4. The highest BCUT2D eigenvalue weighted by Crippen LogP contribution is 2.69. The highest BCUT2D eigenvalue weighted by atomic mass is 32.2. The van der Waals surface area contributed by atoms with Gasteiger partial charge in [0.15, 0.2) is 0 Å². The first-order chi connectivity index (χ1) is 21.3. The van der Waals surface area contributed by atoms with Crippen LogP contribution in [0.2, 0.25) is 0 Å². The lowest BCUT2D eigenvalue weighted by atomic mass is 9.66. The molecule has 234 valence electrons. The number of benzene rings is 2. The molecule has 0 aliphatic carbocycles. The maximum atomic E-state index is 14.9. The monoisotopic (exact) mass is 618 g/mol. The molecule has 2 bridgehead atoms. The second-order valence-electron chi connectivity index (χ2n) is 11.9. The fourth-order valence-corrected chi connectivity index (χ4v) is 9.79. The highest BCUT2D eigenvalue weighted by molar-refractivity contribution is 8.02. The van der Waals surface area contributed by atoms with Crippen molar-refractivity contribution in [1.29, 1.82) is 0 Å². The Morgan fingerprint density at radius 3 is 2.52 bits per heavy atom. The molecule has 3 saturated heterocycles. The Balaban J connectivity index is 1.58. The minimum Gasteiger partial charge on any atom is -0.497 e. The Morgan fingerprint density at radius 2 is 1.89 bits per heavy atom. The number of anilines is 1. The zero-order valence-corrected chi connectivity index (χ0v) is 26.3. The van der Waals surface area contributed by atoms with Crippen molar-refractivity contribution in [3.8, 4) is 5.75 Å². The van der Waals surface area contributed by atoms with E-state index in [4.69, 9.17) is 9.47 Å². The van der Waals surface area contributed by atoms with Gasteiger partial charge in [0, 0.05) is 17.5 Å². The molecule has 2 amide bonds. The normalized spacial score (nSPS) is 27.5. The van der Waals surface area contributed by atoms with Crippen LogP contribution in [0.5, 0.6) is 5.75 Å². The van der Waals surface area contributed by atoms with Crippen LogP contribution < -0.4 is 9.64 Å². The van der Waals surface area contributed by atoms with Gasteiger partial charge in [0.1, 0.15) is 11.8 Å². The number of carbonyl (C=O) groups excluding carboxylic acids is 3. The SMILES string of the molecule is C=CCCCOC(=O)[C@@H]1[C@@H]2CC(C)C3(S2)C(C(=O)N(CC=C)c2ccc(OC)cc2)N([C@@H](CO)Cc2ccccc2)C(=O)[C@H]13. The van der Waals surface area contributed by atoms with E-state index in [0.717, 1.165) is 12.0 Å². The van der Waals surface area contributed by atoms with Gasteiger partial charge >= 0.3 is 5.97 Å². The molecule has 3 heterocycles. The lowest BCUT2D eigenvalue weighted by Gasteiger charge is -2.42. The molecule has 5 rings (SSSR count). The molecule has 44 heavy (non-hydrogen) atoms. The summed E-state index contributed by atoms with van der Waals surface area (Å²) in [4.78, 5) is 46.5. The zero-order valence-electron chi connectivity index (χ0n) is 25.5. The minimum atomic E-state index is -0.897. The van der Waals surface area contributed by atoms with Crippen LogP contribution in [0, 0.1) is 17.8 Å². The smallest absolute Gasteiger partial charge is 0.310 e. The Kier molecular flexibility index (Phi) is 9.85. The van der Waals surface area contributed by atoms with Gasteiger partial charge in [-0.15, -0.1) is 24.9 Å². The average molecular weight is 619 g/mol. The lowest BCUT2D eigenvalue weighted by Crippen LogP contribution is -2.59. The molecule has 1 N–H and O–H groups in total. The number of carbonyl (C=O) groups is 3. The highest BCUT2D eigenvalue weighted by Gasteiger charge is 2.77. The van der Waals surface area contributed by atoms with Crippen LogP contribution in [0.25, 0.3) is 0 Å². The van der Waals surface area contributed by atoms with Crippen LogP contribution in [0.1, 0.15) is 31.7 Å². The van der Waals surface area contributed by atoms with Crippen molar-refractivity contribution in [2.75, 3.05) is 31.8 Å². The maximum Gasteiger partial charge on any atom is 0.310 e. The predicted octanol–water partition coefficient (Wildman–Crippen LogP) is 4.66. The minimum absolute atomic E-state index is 0.0206. The van der Waals surface area contributed by atoms with Crippen molar-refractivity contribution >= 4 is 35.2 Å². The van der Waals surface area contributed by atoms with Crippen molar-refractivity contribution in [3.05, 3.63) is 85.5 Å². The van der Waals surface area contributed by atoms with E-state index >= 15 is 0 Å². The van der Waals surface area contributed by atoms with Crippen molar-refractivity contribution < 1.29 is 29.0 Å². The fraction of sp³-hybridized carbons (Fsp3) is 0.457. The number of methoxy groups -OCH3 is 1. The maximum absolute atomic E-state index is 14.9. The van der Waals surface area contributed by atoms with Crippen molar-refractivity contribution in [3.63, 3.8) is 0 Å². The summed E-state index contributed by atoms with van der Waals surface area (Å²) in [5, 5.41) is 10.6. The van der Waals surface area contributed by atoms with E-state index in [0.29, 0.717) is 30.7 Å². The predicted molar refractivity (Wildman–Crippen MR) is 172 cm³/mol. The first-order valence-corrected chi connectivity index (χ1v) is 16.2. The van der Waals surface area contributed by atoms with Gasteiger partial charge in [-0.05, 0) is 61.4 Å². The average Bonchev–Trinajstić information content (AvgIpc) is 3.64. The van der Waals surface area contributed by atoms with Crippen molar-refractivity contribution in [1.82, 2.24) is 4.90 Å². The number of ether oxygens (including phenoxy) is 2. The van der Waals surface area contributed by atoms with Crippen LogP contribution >= 0.6 is 11.8 Å². The van der Waals surface area contributed by atoms with Gasteiger partial charge in [-0.25, -0.2) is 0 Å². The lowest BCUT2D eigenvalue weighted by molar-refractivity contribution is -0.155. The molecule has 7 atom stereocenters. The van der Waals surface area contributed by atoms with E-state index in [1.165, 1.54) is 0 Å². The molecule has 2 aromatic carbocycles. The molecular weight excluding hydrogens is 576 g/mol. The molecule has 3 unspecified atom stereocenters. The molecule has 1 spiro atoms. The van der Waals surface area contributed by atoms with E-state index in [9.17, 15) is 19.5 Å². The van der Waals surface area contributed by atoms with Crippen LogP contribution in [0.4, 0.5) is 5.69 Å². The Labute approximate surface area is 264 Å². The third kappa shape index (κ3) is 5.56. The summed E-state index contributed by atoms with van der Waals surface area (Å²) in [7, 11) is 1.58. The molecule has 2 aromatic rings. The van der Waals surface area contributed by atoms with Crippen molar-refractivity contribution in [2.24, 2.45) is 17.8 Å². The van der Waals surface area contributed by atoms with Gasteiger partial charge in [0.25, 0.3) is 5.91 Å². The summed E-state index contributed by atoms with van der Waals surface area (Å²) in [5.74, 6) is -1.64. The first-order valence-electron chi connectivity index (χ1n) is 15.3. The first kappa shape index (κ1) is 31.9. The van der Waals surface area contributed by atoms with Crippen LogP contribution in [0.3, 0.4) is 0 Å². The van der Waals surface area contributed by atoms with Gasteiger partial charge < -0.3 is 24.4 Å². The number of hydrogen-bond donors (Lipinski definition) is 1. The van der Waals surface area contributed by atoms with Gasteiger partial charge in [0.2, 0.25) is 5.91 Å². The van der Waals surface area contributed by atoms with Crippen LogP contribution in [0.15, 0.2) is 79.9 Å². The van der Waals surface area contributed by atoms with Gasteiger partial charge in [-0.1, -0.05) is 49.4 Å². The molecule has 9 heteroatoms. The fourth-order valence-electron chi connectivity index (χ4n) is 7.40.